The van der Waals surface area contributed by atoms with Gasteiger partial charge in [0.25, 0.3) is 0 Å². The Balaban J connectivity index is 1.80. The molecule has 134 valence electrons. The molecule has 0 heterocycles. The summed E-state index contributed by atoms with van der Waals surface area (Å²) in [6.07, 6.45) is -0.252. The highest BCUT2D eigenvalue weighted by molar-refractivity contribution is 5.64. The van der Waals surface area contributed by atoms with Crippen molar-refractivity contribution < 1.29 is 19.4 Å². The Kier molecular flexibility index (Phi) is 7.59. The smallest absolute Gasteiger partial charge is 0.404 e. The molecule has 2 rings (SSSR count). The van der Waals surface area contributed by atoms with Crippen LogP contribution in [0, 0.1) is 0 Å². The van der Waals surface area contributed by atoms with E-state index < -0.39 is 6.09 Å². The minimum Gasteiger partial charge on any atom is -0.493 e. The Morgan fingerprint density at radius 1 is 1.04 bits per heavy atom. The number of hydrogen-bond donors (Lipinski definition) is 3. The molecule has 3 N–H and O–H groups in total. The first-order chi connectivity index (χ1) is 12.2. The van der Waals surface area contributed by atoms with Crippen LogP contribution in [-0.4, -0.2) is 31.4 Å². The number of carboxylic acid groups (broad SMARTS) is 1. The minimum atomic E-state index is -0.990. The molecule has 0 aliphatic rings. The minimum absolute atomic E-state index is 0.442. The Morgan fingerprint density at radius 2 is 1.84 bits per heavy atom. The van der Waals surface area contributed by atoms with Gasteiger partial charge in [0.1, 0.15) is 6.61 Å². The molecular formula is C19H24N2O4. The number of carbonyl (C=O) groups is 1. The summed E-state index contributed by atoms with van der Waals surface area (Å²) in [7, 11) is 1.62. The van der Waals surface area contributed by atoms with Crippen molar-refractivity contribution in [3.63, 3.8) is 0 Å². The molecule has 0 aliphatic heterocycles. The van der Waals surface area contributed by atoms with Crippen molar-refractivity contribution in [1.82, 2.24) is 10.6 Å². The highest BCUT2D eigenvalue weighted by atomic mass is 16.5. The van der Waals surface area contributed by atoms with Gasteiger partial charge in [-0.1, -0.05) is 36.4 Å². The lowest BCUT2D eigenvalue weighted by Gasteiger charge is -2.13. The molecule has 0 bridgehead atoms. The first kappa shape index (κ1) is 18.6. The molecule has 0 aliphatic carbocycles. The van der Waals surface area contributed by atoms with E-state index in [1.807, 2.05) is 48.5 Å². The molecule has 25 heavy (non-hydrogen) atoms. The Labute approximate surface area is 147 Å². The molecule has 0 saturated carbocycles. The molecule has 0 saturated heterocycles. The molecule has 0 spiro atoms. The second kappa shape index (κ2) is 10.2. The number of benzene rings is 2. The number of rotatable bonds is 10. The van der Waals surface area contributed by atoms with E-state index >= 15 is 0 Å². The summed E-state index contributed by atoms with van der Waals surface area (Å²) < 4.78 is 11.3. The number of methoxy groups -OCH3 is 1. The number of nitrogens with one attached hydrogen (secondary N) is 2. The lowest BCUT2D eigenvalue weighted by atomic mass is 10.2. The van der Waals surface area contributed by atoms with Crippen LogP contribution >= 0.6 is 0 Å². The second-order valence-corrected chi connectivity index (χ2v) is 5.52. The van der Waals surface area contributed by atoms with Crippen molar-refractivity contribution in [3.05, 3.63) is 59.7 Å². The monoisotopic (exact) mass is 344 g/mol. The van der Waals surface area contributed by atoms with E-state index in [4.69, 9.17) is 14.6 Å². The normalized spacial score (nSPS) is 10.3. The van der Waals surface area contributed by atoms with Crippen molar-refractivity contribution in [3.8, 4) is 11.5 Å². The summed E-state index contributed by atoms with van der Waals surface area (Å²) in [5, 5.41) is 14.1. The zero-order valence-corrected chi connectivity index (χ0v) is 14.3. The third kappa shape index (κ3) is 6.73. The van der Waals surface area contributed by atoms with E-state index in [1.165, 1.54) is 0 Å². The maximum atomic E-state index is 10.3. The predicted octanol–water partition coefficient (Wildman–Crippen LogP) is 3.02. The van der Waals surface area contributed by atoms with Crippen LogP contribution < -0.4 is 20.1 Å². The van der Waals surface area contributed by atoms with Gasteiger partial charge in [0.2, 0.25) is 0 Å². The topological polar surface area (TPSA) is 79.8 Å². The van der Waals surface area contributed by atoms with E-state index in [0.29, 0.717) is 31.2 Å². The summed E-state index contributed by atoms with van der Waals surface area (Å²) >= 11 is 0. The molecule has 6 heteroatoms. The fraction of sp³-hybridized carbons (Fsp3) is 0.316. The van der Waals surface area contributed by atoms with Crippen molar-refractivity contribution in [2.45, 2.75) is 19.6 Å². The summed E-state index contributed by atoms with van der Waals surface area (Å²) in [5.41, 5.74) is 2.18. The zero-order chi connectivity index (χ0) is 17.9. The Hall–Kier alpha value is -2.73. The SMILES string of the molecule is COc1cc(CNCCCNC(=O)O)ccc1OCc1ccccc1. The number of ether oxygens (including phenoxy) is 2. The van der Waals surface area contributed by atoms with Crippen LogP contribution in [0.15, 0.2) is 48.5 Å². The van der Waals surface area contributed by atoms with Gasteiger partial charge in [-0.25, -0.2) is 4.79 Å². The predicted molar refractivity (Wildman–Crippen MR) is 96.1 cm³/mol. The van der Waals surface area contributed by atoms with Crippen LogP contribution in [-0.2, 0) is 13.2 Å². The quantitative estimate of drug-likeness (QED) is 0.577. The Bertz CT molecular complexity index is 662. The van der Waals surface area contributed by atoms with E-state index in [2.05, 4.69) is 10.6 Å². The van der Waals surface area contributed by atoms with Crippen LogP contribution in [0.5, 0.6) is 11.5 Å². The van der Waals surface area contributed by atoms with Crippen LogP contribution in [0.3, 0.4) is 0 Å². The standard InChI is InChI=1S/C19H24N2O4/c1-24-18-12-16(13-20-10-5-11-21-19(22)23)8-9-17(18)25-14-15-6-3-2-4-7-15/h2-4,6-9,12,20-21H,5,10-11,13-14H2,1H3,(H,22,23). The van der Waals surface area contributed by atoms with Gasteiger partial charge in [-0.2, -0.15) is 0 Å². The first-order valence-corrected chi connectivity index (χ1v) is 8.20. The molecule has 0 aromatic heterocycles. The summed E-state index contributed by atoms with van der Waals surface area (Å²) in [6.45, 7) is 2.35. The highest BCUT2D eigenvalue weighted by Gasteiger charge is 2.06. The molecule has 0 radical (unpaired) electrons. The van der Waals surface area contributed by atoms with E-state index in [-0.39, 0.29) is 0 Å². The molecule has 0 atom stereocenters. The van der Waals surface area contributed by atoms with E-state index in [9.17, 15) is 4.79 Å². The highest BCUT2D eigenvalue weighted by Crippen LogP contribution is 2.28. The maximum Gasteiger partial charge on any atom is 0.404 e. The third-order valence-electron chi connectivity index (χ3n) is 3.60. The maximum absolute atomic E-state index is 10.3. The second-order valence-electron chi connectivity index (χ2n) is 5.52. The lowest BCUT2D eigenvalue weighted by molar-refractivity contribution is 0.194. The lowest BCUT2D eigenvalue weighted by Crippen LogP contribution is -2.25. The van der Waals surface area contributed by atoms with E-state index in [1.54, 1.807) is 7.11 Å². The van der Waals surface area contributed by atoms with Crippen LogP contribution in [0.4, 0.5) is 4.79 Å². The first-order valence-electron chi connectivity index (χ1n) is 8.20. The third-order valence-corrected chi connectivity index (χ3v) is 3.60. The number of amides is 1. The van der Waals surface area contributed by atoms with Gasteiger partial charge in [0.05, 0.1) is 7.11 Å². The molecule has 2 aromatic carbocycles. The van der Waals surface area contributed by atoms with Gasteiger partial charge >= 0.3 is 6.09 Å². The number of hydrogen-bond acceptors (Lipinski definition) is 4. The van der Waals surface area contributed by atoms with Gasteiger partial charge in [-0.3, -0.25) is 0 Å². The van der Waals surface area contributed by atoms with Crippen molar-refractivity contribution in [1.29, 1.82) is 0 Å². The fourth-order valence-corrected chi connectivity index (χ4v) is 2.32. The van der Waals surface area contributed by atoms with Gasteiger partial charge in [0, 0.05) is 13.1 Å². The summed E-state index contributed by atoms with van der Waals surface area (Å²) in [4.78, 5) is 10.3. The summed E-state index contributed by atoms with van der Waals surface area (Å²) in [6, 6.07) is 15.8. The van der Waals surface area contributed by atoms with Gasteiger partial charge in [-0.15, -0.1) is 0 Å². The van der Waals surface area contributed by atoms with E-state index in [0.717, 1.165) is 24.1 Å². The molecule has 1 amide bonds. The average molecular weight is 344 g/mol. The zero-order valence-electron chi connectivity index (χ0n) is 14.3. The molecule has 2 aromatic rings. The van der Waals surface area contributed by atoms with Gasteiger partial charge in [0.15, 0.2) is 11.5 Å². The van der Waals surface area contributed by atoms with Gasteiger partial charge < -0.3 is 25.2 Å². The van der Waals surface area contributed by atoms with Crippen molar-refractivity contribution >= 4 is 6.09 Å². The molecule has 6 nitrogen and oxygen atoms in total. The Morgan fingerprint density at radius 3 is 2.56 bits per heavy atom. The summed E-state index contributed by atoms with van der Waals surface area (Å²) in [5.74, 6) is 1.41. The molecular weight excluding hydrogens is 320 g/mol. The van der Waals surface area contributed by atoms with Crippen LogP contribution in [0.25, 0.3) is 0 Å². The largest absolute Gasteiger partial charge is 0.493 e. The molecule has 0 fully saturated rings. The average Bonchev–Trinajstić information content (AvgIpc) is 2.63. The van der Waals surface area contributed by atoms with Gasteiger partial charge in [-0.05, 0) is 36.2 Å². The van der Waals surface area contributed by atoms with Crippen molar-refractivity contribution in [2.75, 3.05) is 20.2 Å². The van der Waals surface area contributed by atoms with Crippen molar-refractivity contribution in [2.24, 2.45) is 0 Å². The van der Waals surface area contributed by atoms with Crippen LogP contribution in [0.2, 0.25) is 0 Å². The molecule has 0 unspecified atom stereocenters. The van der Waals surface area contributed by atoms with Crippen LogP contribution in [0.1, 0.15) is 17.5 Å². The fourth-order valence-electron chi connectivity index (χ4n) is 2.32.